The first kappa shape index (κ1) is 9.96. The Bertz CT molecular complexity index is 505. The fourth-order valence-corrected chi connectivity index (χ4v) is 3.24. The van der Waals surface area contributed by atoms with Crippen molar-refractivity contribution in [3.8, 4) is 5.75 Å². The number of thioether (sulfide) groups is 1. The summed E-state index contributed by atoms with van der Waals surface area (Å²) in [7, 11) is 0. The number of aromatic hydroxyl groups is 1. The van der Waals surface area contributed by atoms with Gasteiger partial charge in [0.05, 0.1) is 6.20 Å². The van der Waals surface area contributed by atoms with Crippen LogP contribution in [0.1, 0.15) is 24.6 Å². The molecular formula is C11H13N3OS. The summed E-state index contributed by atoms with van der Waals surface area (Å²) in [5.41, 5.74) is 0.811. The zero-order valence-electron chi connectivity index (χ0n) is 8.83. The predicted octanol–water partition coefficient (Wildman–Crippen LogP) is 2.05. The molecular weight excluding hydrogens is 222 g/mol. The molecule has 0 aromatic carbocycles. The number of fused-ring (bicyclic) bond motifs is 1. The van der Waals surface area contributed by atoms with Crippen molar-refractivity contribution in [2.24, 2.45) is 0 Å². The van der Waals surface area contributed by atoms with E-state index >= 15 is 0 Å². The van der Waals surface area contributed by atoms with Gasteiger partial charge in [-0.3, -0.25) is 4.40 Å². The number of pyridine rings is 1. The van der Waals surface area contributed by atoms with Gasteiger partial charge < -0.3 is 5.11 Å². The van der Waals surface area contributed by atoms with Crippen molar-refractivity contribution in [2.45, 2.75) is 18.8 Å². The van der Waals surface area contributed by atoms with Crippen LogP contribution in [0.4, 0.5) is 0 Å². The molecule has 1 saturated heterocycles. The summed E-state index contributed by atoms with van der Waals surface area (Å²) in [5, 5.41) is 17.9. The van der Waals surface area contributed by atoms with Gasteiger partial charge in [-0.15, -0.1) is 10.2 Å². The van der Waals surface area contributed by atoms with Crippen LogP contribution in [-0.2, 0) is 0 Å². The molecule has 4 nitrogen and oxygen atoms in total. The highest BCUT2D eigenvalue weighted by molar-refractivity contribution is 7.99. The van der Waals surface area contributed by atoms with Crippen molar-refractivity contribution >= 4 is 17.4 Å². The lowest BCUT2D eigenvalue weighted by Gasteiger charge is -2.19. The van der Waals surface area contributed by atoms with Gasteiger partial charge in [0.15, 0.2) is 5.65 Å². The van der Waals surface area contributed by atoms with E-state index in [4.69, 9.17) is 0 Å². The Labute approximate surface area is 97.7 Å². The van der Waals surface area contributed by atoms with E-state index in [1.807, 2.05) is 16.2 Å². The van der Waals surface area contributed by atoms with Crippen molar-refractivity contribution < 1.29 is 5.11 Å². The van der Waals surface area contributed by atoms with Gasteiger partial charge in [0.2, 0.25) is 0 Å². The summed E-state index contributed by atoms with van der Waals surface area (Å²) in [4.78, 5) is 0. The maximum Gasteiger partial charge on any atom is 0.161 e. The van der Waals surface area contributed by atoms with E-state index in [-0.39, 0.29) is 5.75 Å². The second-order valence-electron chi connectivity index (χ2n) is 4.06. The van der Waals surface area contributed by atoms with Gasteiger partial charge >= 0.3 is 0 Å². The Kier molecular flexibility index (Phi) is 2.47. The molecule has 84 valence electrons. The van der Waals surface area contributed by atoms with E-state index in [1.54, 1.807) is 18.3 Å². The molecule has 0 spiro atoms. The topological polar surface area (TPSA) is 50.4 Å². The van der Waals surface area contributed by atoms with Crippen LogP contribution in [0.15, 0.2) is 18.3 Å². The third-order valence-electron chi connectivity index (χ3n) is 3.00. The molecule has 0 saturated carbocycles. The lowest BCUT2D eigenvalue weighted by atomic mass is 10.0. The first-order valence-electron chi connectivity index (χ1n) is 5.46. The molecule has 0 bridgehead atoms. The number of rotatable bonds is 1. The van der Waals surface area contributed by atoms with Gasteiger partial charge in [-0.1, -0.05) is 0 Å². The Morgan fingerprint density at radius 3 is 2.88 bits per heavy atom. The molecule has 0 radical (unpaired) electrons. The standard InChI is InChI=1S/C11H13N3OS/c15-9-1-2-10-12-13-11(14(10)7-9)8-3-5-16-6-4-8/h1-2,7-8,15H,3-6H2. The average Bonchev–Trinajstić information content (AvgIpc) is 2.73. The van der Waals surface area contributed by atoms with Crippen LogP contribution in [-0.4, -0.2) is 31.2 Å². The van der Waals surface area contributed by atoms with Gasteiger partial charge in [0.25, 0.3) is 0 Å². The Morgan fingerprint density at radius 1 is 1.25 bits per heavy atom. The average molecular weight is 235 g/mol. The van der Waals surface area contributed by atoms with E-state index in [9.17, 15) is 5.11 Å². The molecule has 1 fully saturated rings. The summed E-state index contributed by atoms with van der Waals surface area (Å²) in [6.45, 7) is 0. The lowest BCUT2D eigenvalue weighted by molar-refractivity contribution is 0.470. The molecule has 1 N–H and O–H groups in total. The highest BCUT2D eigenvalue weighted by Gasteiger charge is 2.20. The lowest BCUT2D eigenvalue weighted by Crippen LogP contribution is -2.11. The molecule has 5 heteroatoms. The molecule has 3 heterocycles. The monoisotopic (exact) mass is 235 g/mol. The van der Waals surface area contributed by atoms with Crippen LogP contribution in [0.2, 0.25) is 0 Å². The minimum atomic E-state index is 0.263. The highest BCUT2D eigenvalue weighted by Crippen LogP contribution is 2.30. The van der Waals surface area contributed by atoms with Crippen molar-refractivity contribution in [2.75, 3.05) is 11.5 Å². The molecule has 0 unspecified atom stereocenters. The molecule has 2 aromatic rings. The van der Waals surface area contributed by atoms with Crippen LogP contribution < -0.4 is 0 Å². The molecule has 0 aliphatic carbocycles. The molecule has 1 aliphatic rings. The van der Waals surface area contributed by atoms with E-state index in [0.717, 1.165) is 24.3 Å². The highest BCUT2D eigenvalue weighted by atomic mass is 32.2. The van der Waals surface area contributed by atoms with Crippen LogP contribution in [0.5, 0.6) is 5.75 Å². The first-order valence-corrected chi connectivity index (χ1v) is 6.61. The largest absolute Gasteiger partial charge is 0.506 e. The third-order valence-corrected chi connectivity index (χ3v) is 4.05. The fraction of sp³-hybridized carbons (Fsp3) is 0.455. The van der Waals surface area contributed by atoms with Crippen LogP contribution in [0.3, 0.4) is 0 Å². The zero-order valence-corrected chi connectivity index (χ0v) is 9.65. The van der Waals surface area contributed by atoms with Crippen molar-refractivity contribution in [1.82, 2.24) is 14.6 Å². The molecule has 3 rings (SSSR count). The number of hydrogen-bond acceptors (Lipinski definition) is 4. The first-order chi connectivity index (χ1) is 7.84. The number of hydrogen-bond donors (Lipinski definition) is 1. The van der Waals surface area contributed by atoms with Crippen molar-refractivity contribution in [3.05, 3.63) is 24.2 Å². The number of aromatic nitrogens is 3. The Morgan fingerprint density at radius 2 is 2.06 bits per heavy atom. The third kappa shape index (κ3) is 1.65. The second kappa shape index (κ2) is 3.97. The van der Waals surface area contributed by atoms with Crippen molar-refractivity contribution in [3.63, 3.8) is 0 Å². The molecule has 16 heavy (non-hydrogen) atoms. The summed E-state index contributed by atoms with van der Waals surface area (Å²) < 4.78 is 1.91. The van der Waals surface area contributed by atoms with Gasteiger partial charge in [0.1, 0.15) is 11.6 Å². The minimum absolute atomic E-state index is 0.263. The Balaban J connectivity index is 2.05. The van der Waals surface area contributed by atoms with E-state index < -0.39 is 0 Å². The molecule has 2 aromatic heterocycles. The maximum absolute atomic E-state index is 9.49. The summed E-state index contributed by atoms with van der Waals surface area (Å²) in [6, 6.07) is 3.44. The van der Waals surface area contributed by atoms with Crippen molar-refractivity contribution in [1.29, 1.82) is 0 Å². The van der Waals surface area contributed by atoms with Crippen LogP contribution in [0.25, 0.3) is 5.65 Å². The van der Waals surface area contributed by atoms with Crippen LogP contribution >= 0.6 is 11.8 Å². The van der Waals surface area contributed by atoms with Gasteiger partial charge in [-0.25, -0.2) is 0 Å². The molecule has 0 amide bonds. The summed E-state index contributed by atoms with van der Waals surface area (Å²) in [6.07, 6.45) is 4.01. The smallest absolute Gasteiger partial charge is 0.161 e. The van der Waals surface area contributed by atoms with Gasteiger partial charge in [0, 0.05) is 5.92 Å². The second-order valence-corrected chi connectivity index (χ2v) is 5.29. The van der Waals surface area contributed by atoms with E-state index in [2.05, 4.69) is 10.2 Å². The molecule has 1 aliphatic heterocycles. The summed E-state index contributed by atoms with van der Waals surface area (Å²) >= 11 is 2.00. The van der Waals surface area contributed by atoms with Gasteiger partial charge in [-0.2, -0.15) is 11.8 Å². The normalized spacial score (nSPS) is 18.0. The van der Waals surface area contributed by atoms with E-state index in [0.29, 0.717) is 5.92 Å². The van der Waals surface area contributed by atoms with Gasteiger partial charge in [-0.05, 0) is 36.5 Å². The van der Waals surface area contributed by atoms with Crippen LogP contribution in [0, 0.1) is 0 Å². The number of nitrogens with zero attached hydrogens (tertiary/aromatic N) is 3. The fourth-order valence-electron chi connectivity index (χ4n) is 2.13. The Hall–Kier alpha value is -1.23. The quantitative estimate of drug-likeness (QED) is 0.822. The zero-order chi connectivity index (χ0) is 11.0. The molecule has 0 atom stereocenters. The SMILES string of the molecule is Oc1ccc2nnc(C3CCSCC3)n2c1. The summed E-state index contributed by atoms with van der Waals surface area (Å²) in [5.74, 6) is 4.12. The minimum Gasteiger partial charge on any atom is -0.506 e. The van der Waals surface area contributed by atoms with E-state index in [1.165, 1.54) is 11.5 Å². The maximum atomic E-state index is 9.49. The predicted molar refractivity (Wildman–Crippen MR) is 64.0 cm³/mol.